The van der Waals surface area contributed by atoms with Crippen molar-refractivity contribution in [1.29, 1.82) is 0 Å². The highest BCUT2D eigenvalue weighted by molar-refractivity contribution is 6.07. The molecule has 0 bridgehead atoms. The Balaban J connectivity index is 1.28. The number of hydrogen-bond acceptors (Lipinski definition) is 5. The molecule has 0 atom stereocenters. The number of rotatable bonds is 4. The topological polar surface area (TPSA) is 63.8 Å². The van der Waals surface area contributed by atoms with Crippen molar-refractivity contribution < 1.29 is 4.42 Å². The standard InChI is InChI=1S/C40H26N4O/c1-3-11-25(12-4-1)29-19-20-32(31-18-10-9-17-30(29)31)38-42-37(26-13-5-2-6-14-26)43-39(44-38)33-21-22-41-40-36(33)34-23-27-15-7-8-16-28(27)24-35(34)45-40/h1-21,23-24,41H,22H2. The van der Waals surface area contributed by atoms with E-state index in [0.29, 0.717) is 24.0 Å². The lowest BCUT2D eigenvalue weighted by Crippen LogP contribution is -2.10. The van der Waals surface area contributed by atoms with E-state index in [0.717, 1.165) is 60.7 Å². The van der Waals surface area contributed by atoms with Gasteiger partial charge in [-0.25, -0.2) is 15.0 Å². The van der Waals surface area contributed by atoms with Gasteiger partial charge in [-0.2, -0.15) is 0 Å². The van der Waals surface area contributed by atoms with E-state index >= 15 is 0 Å². The molecule has 0 unspecified atom stereocenters. The highest BCUT2D eigenvalue weighted by Crippen LogP contribution is 2.42. The van der Waals surface area contributed by atoms with Crippen molar-refractivity contribution in [3.05, 3.63) is 151 Å². The molecule has 45 heavy (non-hydrogen) atoms. The third kappa shape index (κ3) is 4.28. The molecule has 0 radical (unpaired) electrons. The maximum atomic E-state index is 6.37. The van der Waals surface area contributed by atoms with Crippen LogP contribution >= 0.6 is 0 Å². The summed E-state index contributed by atoms with van der Waals surface area (Å²) in [6, 6.07) is 46.1. The average molecular weight is 579 g/mol. The van der Waals surface area contributed by atoms with Crippen LogP contribution in [0.15, 0.2) is 144 Å². The van der Waals surface area contributed by atoms with Gasteiger partial charge in [0.05, 0.1) is 5.56 Å². The Morgan fingerprint density at radius 3 is 1.89 bits per heavy atom. The van der Waals surface area contributed by atoms with Gasteiger partial charge in [-0.15, -0.1) is 0 Å². The smallest absolute Gasteiger partial charge is 0.202 e. The third-order valence-electron chi connectivity index (χ3n) is 8.55. The molecule has 0 amide bonds. The number of anilines is 1. The van der Waals surface area contributed by atoms with Crippen molar-refractivity contribution in [3.8, 4) is 33.9 Å². The largest absolute Gasteiger partial charge is 0.440 e. The molecule has 1 N–H and O–H groups in total. The van der Waals surface area contributed by atoms with Crippen LogP contribution in [0.5, 0.6) is 0 Å². The molecule has 212 valence electrons. The first-order valence-corrected chi connectivity index (χ1v) is 15.1. The van der Waals surface area contributed by atoms with Crippen LogP contribution in [0.3, 0.4) is 0 Å². The third-order valence-corrected chi connectivity index (χ3v) is 8.55. The van der Waals surface area contributed by atoms with Crippen LogP contribution in [0.25, 0.3) is 72.0 Å². The van der Waals surface area contributed by atoms with Crippen LogP contribution in [-0.4, -0.2) is 21.5 Å². The minimum Gasteiger partial charge on any atom is -0.440 e. The Bertz CT molecular complexity index is 2430. The maximum Gasteiger partial charge on any atom is 0.202 e. The highest BCUT2D eigenvalue weighted by Gasteiger charge is 2.26. The Morgan fingerprint density at radius 2 is 1.11 bits per heavy atom. The van der Waals surface area contributed by atoms with Gasteiger partial charge in [-0.1, -0.05) is 121 Å². The van der Waals surface area contributed by atoms with Gasteiger partial charge in [-0.3, -0.25) is 0 Å². The second-order valence-electron chi connectivity index (χ2n) is 11.2. The Labute approximate surface area is 259 Å². The van der Waals surface area contributed by atoms with E-state index in [1.54, 1.807) is 0 Å². The molecule has 1 aliphatic heterocycles. The van der Waals surface area contributed by atoms with Crippen LogP contribution in [0.2, 0.25) is 0 Å². The second-order valence-corrected chi connectivity index (χ2v) is 11.2. The van der Waals surface area contributed by atoms with Gasteiger partial charge >= 0.3 is 0 Å². The number of fused-ring (bicyclic) bond motifs is 5. The van der Waals surface area contributed by atoms with E-state index in [1.807, 2.05) is 42.5 Å². The zero-order chi connectivity index (χ0) is 29.7. The maximum absolute atomic E-state index is 6.37. The predicted molar refractivity (Wildman–Crippen MR) is 183 cm³/mol. The second kappa shape index (κ2) is 10.3. The molecule has 3 heterocycles. The van der Waals surface area contributed by atoms with Gasteiger partial charge in [0.25, 0.3) is 0 Å². The molecule has 0 spiro atoms. The molecule has 9 rings (SSSR count). The summed E-state index contributed by atoms with van der Waals surface area (Å²) in [4.78, 5) is 15.4. The highest BCUT2D eigenvalue weighted by atomic mass is 16.3. The van der Waals surface area contributed by atoms with Gasteiger partial charge in [0.1, 0.15) is 5.58 Å². The Hall–Kier alpha value is -6.07. The van der Waals surface area contributed by atoms with E-state index in [2.05, 4.69) is 102 Å². The van der Waals surface area contributed by atoms with Crippen LogP contribution in [0, 0.1) is 0 Å². The monoisotopic (exact) mass is 578 g/mol. The van der Waals surface area contributed by atoms with Crippen LogP contribution in [0.1, 0.15) is 11.4 Å². The number of aromatic nitrogens is 3. The summed E-state index contributed by atoms with van der Waals surface area (Å²) in [6.45, 7) is 0.609. The minimum absolute atomic E-state index is 0.609. The number of furan rings is 1. The molecule has 1 aliphatic rings. The normalized spacial score (nSPS) is 12.7. The Morgan fingerprint density at radius 1 is 0.511 bits per heavy atom. The molecule has 0 aliphatic carbocycles. The van der Waals surface area contributed by atoms with E-state index in [1.165, 1.54) is 11.1 Å². The summed E-state index contributed by atoms with van der Waals surface area (Å²) in [5.41, 5.74) is 6.99. The SMILES string of the molecule is C1=C(c2nc(-c3ccccc3)nc(-c3ccc(-c4ccccc4)c4ccccc34)n2)c2c(oc3cc4ccccc4cc23)NC1. The summed E-state index contributed by atoms with van der Waals surface area (Å²) in [7, 11) is 0. The first-order valence-electron chi connectivity index (χ1n) is 15.1. The predicted octanol–water partition coefficient (Wildman–Crippen LogP) is 9.78. The molecule has 5 nitrogen and oxygen atoms in total. The van der Waals surface area contributed by atoms with Gasteiger partial charge in [0, 0.05) is 28.6 Å². The fourth-order valence-electron chi connectivity index (χ4n) is 6.42. The molecule has 0 saturated carbocycles. The van der Waals surface area contributed by atoms with Crippen LogP contribution < -0.4 is 5.32 Å². The lowest BCUT2D eigenvalue weighted by atomic mass is 9.94. The molecule has 6 aromatic carbocycles. The minimum atomic E-state index is 0.609. The van der Waals surface area contributed by atoms with Crippen LogP contribution in [0.4, 0.5) is 5.88 Å². The summed E-state index contributed by atoms with van der Waals surface area (Å²) in [6.07, 6.45) is 2.15. The zero-order valence-electron chi connectivity index (χ0n) is 24.2. The van der Waals surface area contributed by atoms with Crippen LogP contribution in [-0.2, 0) is 0 Å². The summed E-state index contributed by atoms with van der Waals surface area (Å²) in [5, 5.41) is 9.00. The summed E-state index contributed by atoms with van der Waals surface area (Å²) < 4.78 is 6.37. The first-order chi connectivity index (χ1) is 22.3. The fourth-order valence-corrected chi connectivity index (χ4v) is 6.42. The lowest BCUT2D eigenvalue weighted by molar-refractivity contribution is 0.628. The molecular weight excluding hydrogens is 552 g/mol. The quantitative estimate of drug-likeness (QED) is 0.225. The van der Waals surface area contributed by atoms with Gasteiger partial charge in [-0.05, 0) is 50.9 Å². The van der Waals surface area contributed by atoms with Crippen molar-refractivity contribution in [2.45, 2.75) is 0 Å². The molecule has 8 aromatic rings. The molecule has 0 fully saturated rings. The number of nitrogens with one attached hydrogen (secondary N) is 1. The van der Waals surface area contributed by atoms with Crippen molar-refractivity contribution in [1.82, 2.24) is 15.0 Å². The Kier molecular flexibility index (Phi) is 5.81. The lowest BCUT2D eigenvalue weighted by Gasteiger charge is -2.16. The van der Waals surface area contributed by atoms with Gasteiger partial charge in [0.2, 0.25) is 5.88 Å². The van der Waals surface area contributed by atoms with E-state index < -0.39 is 0 Å². The molecular formula is C40H26N4O. The van der Waals surface area contributed by atoms with E-state index in [4.69, 9.17) is 19.4 Å². The zero-order valence-corrected chi connectivity index (χ0v) is 24.2. The van der Waals surface area contributed by atoms with Crippen molar-refractivity contribution in [2.75, 3.05) is 11.9 Å². The molecule has 2 aromatic heterocycles. The average Bonchev–Trinajstić information content (AvgIpc) is 3.48. The van der Waals surface area contributed by atoms with Gasteiger partial charge < -0.3 is 9.73 Å². The van der Waals surface area contributed by atoms with Crippen molar-refractivity contribution >= 4 is 44.0 Å². The molecule has 0 saturated heterocycles. The number of nitrogens with zero attached hydrogens (tertiary/aromatic N) is 3. The van der Waals surface area contributed by atoms with E-state index in [9.17, 15) is 0 Å². The number of hydrogen-bond donors (Lipinski definition) is 1. The van der Waals surface area contributed by atoms with Crippen molar-refractivity contribution in [2.24, 2.45) is 0 Å². The summed E-state index contributed by atoms with van der Waals surface area (Å²) in [5.74, 6) is 2.62. The van der Waals surface area contributed by atoms with Crippen molar-refractivity contribution in [3.63, 3.8) is 0 Å². The fraction of sp³-hybridized carbons (Fsp3) is 0.0250. The summed E-state index contributed by atoms with van der Waals surface area (Å²) >= 11 is 0. The van der Waals surface area contributed by atoms with Gasteiger partial charge in [0.15, 0.2) is 17.5 Å². The number of benzene rings is 6. The van der Waals surface area contributed by atoms with E-state index in [-0.39, 0.29) is 0 Å². The first kappa shape index (κ1) is 25.4. The molecule has 5 heteroatoms.